The molecule has 1 aromatic heterocycles. The maximum absolute atomic E-state index is 12.8. The molecule has 0 saturated carbocycles. The third-order valence-electron chi connectivity index (χ3n) is 6.23. The second-order valence-electron chi connectivity index (χ2n) is 8.25. The number of nitrogens with zero attached hydrogens (tertiary/aromatic N) is 5. The van der Waals surface area contributed by atoms with Gasteiger partial charge in [0, 0.05) is 33.2 Å². The highest BCUT2D eigenvalue weighted by Crippen LogP contribution is 2.23. The van der Waals surface area contributed by atoms with E-state index in [1.807, 2.05) is 74.6 Å². The fraction of sp³-hybridized carbons (Fsp3) is 0.320. The summed E-state index contributed by atoms with van der Waals surface area (Å²) in [7, 11) is 1.85. The van der Waals surface area contributed by atoms with Crippen LogP contribution >= 0.6 is 11.6 Å². The van der Waals surface area contributed by atoms with Crippen LogP contribution in [0.15, 0.2) is 71.7 Å². The second-order valence-corrected chi connectivity index (χ2v) is 8.63. The van der Waals surface area contributed by atoms with Crippen molar-refractivity contribution in [2.45, 2.75) is 13.0 Å². The molecule has 0 aliphatic carbocycles. The average molecular weight is 466 g/mol. The fourth-order valence-electron chi connectivity index (χ4n) is 4.02. The standard InChI is InChI=1S/C25H28ClN5O2/c1-19(20-9-5-3-6-10-20)28(2)23(32)18-29-13-15-30(16-14-29)22-17-27-31(25(33)24(22)26)21-11-7-4-8-12-21/h3-12,17,19H,13-16,18H2,1-2H3. The Morgan fingerprint density at radius 1 is 1.03 bits per heavy atom. The summed E-state index contributed by atoms with van der Waals surface area (Å²) in [6.07, 6.45) is 1.65. The minimum absolute atomic E-state index is 0.0148. The number of hydrogen-bond acceptors (Lipinski definition) is 5. The van der Waals surface area contributed by atoms with Gasteiger partial charge in [-0.2, -0.15) is 9.78 Å². The third-order valence-corrected chi connectivity index (χ3v) is 6.58. The molecule has 1 fully saturated rings. The number of rotatable bonds is 6. The van der Waals surface area contributed by atoms with E-state index in [9.17, 15) is 9.59 Å². The number of likely N-dealkylation sites (N-methyl/N-ethyl adjacent to an activating group) is 1. The van der Waals surface area contributed by atoms with Crippen molar-refractivity contribution in [2.24, 2.45) is 0 Å². The molecule has 0 spiro atoms. The van der Waals surface area contributed by atoms with Crippen LogP contribution in [0.2, 0.25) is 5.02 Å². The normalized spacial score (nSPS) is 15.3. The van der Waals surface area contributed by atoms with E-state index in [-0.39, 0.29) is 22.5 Å². The van der Waals surface area contributed by atoms with Gasteiger partial charge in [-0.15, -0.1) is 0 Å². The first-order valence-electron chi connectivity index (χ1n) is 11.1. The summed E-state index contributed by atoms with van der Waals surface area (Å²) in [6, 6.07) is 19.3. The molecule has 2 heterocycles. The molecule has 1 aliphatic rings. The summed E-state index contributed by atoms with van der Waals surface area (Å²) in [5, 5.41) is 4.49. The van der Waals surface area contributed by atoms with Gasteiger partial charge >= 0.3 is 0 Å². The van der Waals surface area contributed by atoms with Gasteiger partial charge in [-0.3, -0.25) is 14.5 Å². The van der Waals surface area contributed by atoms with Gasteiger partial charge in [-0.25, -0.2) is 0 Å². The lowest BCUT2D eigenvalue weighted by Crippen LogP contribution is -2.50. The van der Waals surface area contributed by atoms with E-state index >= 15 is 0 Å². The lowest BCUT2D eigenvalue weighted by atomic mass is 10.1. The number of anilines is 1. The molecule has 1 aliphatic heterocycles. The van der Waals surface area contributed by atoms with Crippen molar-refractivity contribution < 1.29 is 4.79 Å². The van der Waals surface area contributed by atoms with Crippen LogP contribution in [-0.2, 0) is 4.79 Å². The number of carbonyl (C=O) groups excluding carboxylic acids is 1. The van der Waals surface area contributed by atoms with E-state index in [0.717, 1.165) is 5.56 Å². The zero-order chi connectivity index (χ0) is 23.4. The molecule has 7 nitrogen and oxygen atoms in total. The summed E-state index contributed by atoms with van der Waals surface area (Å²) >= 11 is 6.45. The van der Waals surface area contributed by atoms with Crippen LogP contribution in [0.4, 0.5) is 5.69 Å². The SMILES string of the molecule is CC(c1ccccc1)N(C)C(=O)CN1CCN(c2cnn(-c3ccccc3)c(=O)c2Cl)CC1. The first-order valence-corrected chi connectivity index (χ1v) is 11.4. The highest BCUT2D eigenvalue weighted by Gasteiger charge is 2.25. The first-order chi connectivity index (χ1) is 16.0. The fourth-order valence-corrected chi connectivity index (χ4v) is 4.27. The first kappa shape index (κ1) is 23.0. The third kappa shape index (κ3) is 5.10. The predicted octanol–water partition coefficient (Wildman–Crippen LogP) is 3.23. The van der Waals surface area contributed by atoms with Gasteiger partial charge in [-0.05, 0) is 24.6 Å². The maximum atomic E-state index is 12.8. The molecule has 0 radical (unpaired) electrons. The molecule has 172 valence electrons. The number of halogens is 1. The molecule has 33 heavy (non-hydrogen) atoms. The molecular weight excluding hydrogens is 438 g/mol. The Morgan fingerprint density at radius 3 is 2.27 bits per heavy atom. The molecule has 1 amide bonds. The van der Waals surface area contributed by atoms with Gasteiger partial charge in [0.1, 0.15) is 5.02 Å². The summed E-state index contributed by atoms with van der Waals surface area (Å²) in [5.41, 5.74) is 2.09. The van der Waals surface area contributed by atoms with E-state index in [1.165, 1.54) is 4.68 Å². The Bertz CT molecular complexity index is 1140. The number of para-hydroxylation sites is 1. The van der Waals surface area contributed by atoms with E-state index < -0.39 is 0 Å². The van der Waals surface area contributed by atoms with Crippen LogP contribution < -0.4 is 10.5 Å². The number of aromatic nitrogens is 2. The van der Waals surface area contributed by atoms with Gasteiger partial charge in [0.15, 0.2) is 0 Å². The Kier molecular flexibility index (Phi) is 7.11. The number of carbonyl (C=O) groups is 1. The topological polar surface area (TPSA) is 61.7 Å². The zero-order valence-electron chi connectivity index (χ0n) is 18.9. The summed E-state index contributed by atoms with van der Waals surface area (Å²) in [6.45, 7) is 5.15. The van der Waals surface area contributed by atoms with Crippen LogP contribution in [-0.4, -0.2) is 65.3 Å². The molecular formula is C25H28ClN5O2. The largest absolute Gasteiger partial charge is 0.366 e. The summed E-state index contributed by atoms with van der Waals surface area (Å²) in [5.74, 6) is 0.0879. The zero-order valence-corrected chi connectivity index (χ0v) is 19.7. The predicted molar refractivity (Wildman–Crippen MR) is 131 cm³/mol. The molecule has 0 bridgehead atoms. The minimum Gasteiger partial charge on any atom is -0.366 e. The van der Waals surface area contributed by atoms with E-state index in [4.69, 9.17) is 11.6 Å². The molecule has 4 rings (SSSR count). The monoisotopic (exact) mass is 465 g/mol. The molecule has 1 saturated heterocycles. The summed E-state index contributed by atoms with van der Waals surface area (Å²) in [4.78, 5) is 31.6. The Labute approximate surface area is 198 Å². The van der Waals surface area contributed by atoms with Crippen LogP contribution in [0.5, 0.6) is 0 Å². The van der Waals surface area contributed by atoms with Crippen molar-refractivity contribution >= 4 is 23.2 Å². The smallest absolute Gasteiger partial charge is 0.292 e. The second kappa shape index (κ2) is 10.2. The lowest BCUT2D eigenvalue weighted by molar-refractivity contribution is -0.133. The van der Waals surface area contributed by atoms with Crippen molar-refractivity contribution in [3.63, 3.8) is 0 Å². The molecule has 0 N–H and O–H groups in total. The van der Waals surface area contributed by atoms with Crippen molar-refractivity contribution in [3.8, 4) is 5.69 Å². The van der Waals surface area contributed by atoms with Gasteiger partial charge in [0.2, 0.25) is 5.91 Å². The molecule has 3 aromatic rings. The molecule has 8 heteroatoms. The highest BCUT2D eigenvalue weighted by molar-refractivity contribution is 6.33. The Morgan fingerprint density at radius 2 is 1.64 bits per heavy atom. The average Bonchev–Trinajstić information content (AvgIpc) is 2.86. The van der Waals surface area contributed by atoms with Crippen LogP contribution in [0.3, 0.4) is 0 Å². The number of piperazine rings is 1. The summed E-state index contributed by atoms with van der Waals surface area (Å²) < 4.78 is 1.31. The van der Waals surface area contributed by atoms with E-state index in [1.54, 1.807) is 11.1 Å². The van der Waals surface area contributed by atoms with Crippen molar-refractivity contribution in [3.05, 3.63) is 87.8 Å². The quantitative estimate of drug-likeness (QED) is 0.559. The van der Waals surface area contributed by atoms with Gasteiger partial charge in [0.05, 0.1) is 30.2 Å². The minimum atomic E-state index is -0.338. The van der Waals surface area contributed by atoms with Gasteiger partial charge < -0.3 is 9.80 Å². The Balaban J connectivity index is 1.37. The Hall–Kier alpha value is -3.16. The number of amides is 1. The molecule has 2 aromatic carbocycles. The lowest BCUT2D eigenvalue weighted by Gasteiger charge is -2.37. The molecule has 1 atom stereocenters. The number of hydrogen-bond donors (Lipinski definition) is 0. The van der Waals surface area contributed by atoms with Crippen LogP contribution in [0, 0.1) is 0 Å². The highest BCUT2D eigenvalue weighted by atomic mass is 35.5. The van der Waals surface area contributed by atoms with Crippen LogP contribution in [0.25, 0.3) is 5.69 Å². The number of benzene rings is 2. The maximum Gasteiger partial charge on any atom is 0.292 e. The van der Waals surface area contributed by atoms with Crippen molar-refractivity contribution in [1.29, 1.82) is 0 Å². The van der Waals surface area contributed by atoms with E-state index in [2.05, 4.69) is 14.9 Å². The van der Waals surface area contributed by atoms with Crippen molar-refractivity contribution in [1.82, 2.24) is 19.6 Å². The van der Waals surface area contributed by atoms with Gasteiger partial charge in [0.25, 0.3) is 5.56 Å². The van der Waals surface area contributed by atoms with E-state index in [0.29, 0.717) is 44.1 Å². The molecule has 1 unspecified atom stereocenters. The van der Waals surface area contributed by atoms with Crippen molar-refractivity contribution in [2.75, 3.05) is 44.7 Å². The van der Waals surface area contributed by atoms with Gasteiger partial charge in [-0.1, -0.05) is 60.1 Å². The van der Waals surface area contributed by atoms with Crippen LogP contribution in [0.1, 0.15) is 18.5 Å².